The summed E-state index contributed by atoms with van der Waals surface area (Å²) >= 11 is 11.7. The van der Waals surface area contributed by atoms with E-state index in [0.717, 1.165) is 0 Å². The van der Waals surface area contributed by atoms with Crippen molar-refractivity contribution in [3.63, 3.8) is 0 Å². The number of ether oxygens (including phenoxy) is 1. The smallest absolute Gasteiger partial charge is 0.339 e. The summed E-state index contributed by atoms with van der Waals surface area (Å²) in [5.74, 6) is -0.991. The molecular weight excluding hydrogens is 337 g/mol. The molecule has 0 aliphatic rings. The number of anilines is 1. The van der Waals surface area contributed by atoms with Crippen LogP contribution in [0.25, 0.3) is 0 Å². The molecule has 0 heterocycles. The van der Waals surface area contributed by atoms with Crippen LogP contribution in [0.15, 0.2) is 48.5 Å². The van der Waals surface area contributed by atoms with Gasteiger partial charge in [0.2, 0.25) is 0 Å². The van der Waals surface area contributed by atoms with Crippen molar-refractivity contribution < 1.29 is 14.3 Å². The number of hydrogen-bond acceptors (Lipinski definition) is 3. The van der Waals surface area contributed by atoms with Gasteiger partial charge in [0, 0.05) is 22.8 Å². The number of hydrogen-bond donors (Lipinski definition) is 0. The van der Waals surface area contributed by atoms with Gasteiger partial charge >= 0.3 is 5.97 Å². The Morgan fingerprint density at radius 3 is 2.17 bits per heavy atom. The normalized spacial score (nSPS) is 11.7. The van der Waals surface area contributed by atoms with Gasteiger partial charge < -0.3 is 9.64 Å². The first-order chi connectivity index (χ1) is 10.9. The van der Waals surface area contributed by atoms with Crippen molar-refractivity contribution in [3.8, 4) is 0 Å². The van der Waals surface area contributed by atoms with Gasteiger partial charge in [0.05, 0.1) is 5.56 Å². The number of nitrogens with zero attached hydrogens (tertiary/aromatic N) is 1. The first kappa shape index (κ1) is 17.3. The SMILES string of the molecule is C[C@@H](OC(=O)c1cc(Cl)cc(Cl)c1)C(=O)N(C)c1ccccc1. The lowest BCUT2D eigenvalue weighted by Gasteiger charge is -2.21. The molecule has 0 bridgehead atoms. The zero-order chi connectivity index (χ0) is 17.0. The van der Waals surface area contributed by atoms with Crippen LogP contribution in [0.1, 0.15) is 17.3 Å². The van der Waals surface area contributed by atoms with Gasteiger partial charge in [-0.1, -0.05) is 41.4 Å². The number of benzene rings is 2. The molecule has 0 aliphatic carbocycles. The molecule has 120 valence electrons. The van der Waals surface area contributed by atoms with Crippen LogP contribution >= 0.6 is 23.2 Å². The zero-order valence-electron chi connectivity index (χ0n) is 12.6. The first-order valence-corrected chi connectivity index (χ1v) is 7.64. The zero-order valence-corrected chi connectivity index (χ0v) is 14.1. The Bertz CT molecular complexity index is 699. The van der Waals surface area contributed by atoms with Gasteiger partial charge in [-0.05, 0) is 37.3 Å². The quantitative estimate of drug-likeness (QED) is 0.775. The minimum Gasteiger partial charge on any atom is -0.449 e. The van der Waals surface area contributed by atoms with Gasteiger partial charge in [-0.3, -0.25) is 4.79 Å². The van der Waals surface area contributed by atoms with Crippen molar-refractivity contribution in [3.05, 3.63) is 64.1 Å². The summed E-state index contributed by atoms with van der Waals surface area (Å²) < 4.78 is 5.20. The van der Waals surface area contributed by atoms with Crippen molar-refractivity contribution in [1.82, 2.24) is 0 Å². The van der Waals surface area contributed by atoms with Crippen molar-refractivity contribution in [1.29, 1.82) is 0 Å². The molecule has 0 spiro atoms. The highest BCUT2D eigenvalue weighted by Crippen LogP contribution is 2.20. The number of likely N-dealkylation sites (N-methyl/N-ethyl adjacent to an activating group) is 1. The van der Waals surface area contributed by atoms with Gasteiger partial charge in [-0.25, -0.2) is 4.79 Å². The third-order valence-corrected chi connectivity index (χ3v) is 3.64. The Labute approximate surface area is 144 Å². The second-order valence-electron chi connectivity index (χ2n) is 4.94. The average molecular weight is 352 g/mol. The fraction of sp³-hybridized carbons (Fsp3) is 0.176. The molecule has 0 fully saturated rings. The Morgan fingerprint density at radius 1 is 1.04 bits per heavy atom. The number of rotatable bonds is 4. The second-order valence-corrected chi connectivity index (χ2v) is 5.81. The number of carbonyl (C=O) groups is 2. The molecule has 23 heavy (non-hydrogen) atoms. The van der Waals surface area contributed by atoms with E-state index in [2.05, 4.69) is 0 Å². The largest absolute Gasteiger partial charge is 0.449 e. The molecule has 1 amide bonds. The molecule has 0 saturated heterocycles. The monoisotopic (exact) mass is 351 g/mol. The topological polar surface area (TPSA) is 46.6 Å². The predicted octanol–water partition coefficient (Wildman–Crippen LogP) is 4.20. The third kappa shape index (κ3) is 4.47. The summed E-state index contributed by atoms with van der Waals surface area (Å²) in [5, 5.41) is 0.648. The molecule has 0 radical (unpaired) electrons. The van der Waals surface area contributed by atoms with E-state index in [1.807, 2.05) is 18.2 Å². The molecule has 2 aromatic carbocycles. The number of para-hydroxylation sites is 1. The Morgan fingerprint density at radius 2 is 1.61 bits per heavy atom. The molecule has 0 unspecified atom stereocenters. The summed E-state index contributed by atoms with van der Waals surface area (Å²) in [6.45, 7) is 1.52. The maximum atomic E-state index is 12.3. The van der Waals surface area contributed by atoms with Crippen LogP contribution in [0.2, 0.25) is 10.0 Å². The minimum absolute atomic E-state index is 0.199. The lowest BCUT2D eigenvalue weighted by atomic mass is 10.2. The maximum Gasteiger partial charge on any atom is 0.339 e. The molecule has 1 atom stereocenters. The fourth-order valence-corrected chi connectivity index (χ4v) is 2.53. The Balaban J connectivity index is 2.07. The van der Waals surface area contributed by atoms with Crippen LogP contribution in [-0.2, 0) is 9.53 Å². The minimum atomic E-state index is -0.939. The molecule has 0 N–H and O–H groups in total. The van der Waals surface area contributed by atoms with Gasteiger partial charge in [0.1, 0.15) is 0 Å². The number of amides is 1. The lowest BCUT2D eigenvalue weighted by molar-refractivity contribution is -0.126. The van der Waals surface area contributed by atoms with Crippen molar-refractivity contribution >= 4 is 40.8 Å². The van der Waals surface area contributed by atoms with E-state index in [9.17, 15) is 9.59 Å². The molecule has 2 rings (SSSR count). The van der Waals surface area contributed by atoms with E-state index < -0.39 is 12.1 Å². The van der Waals surface area contributed by atoms with Crippen LogP contribution in [0.4, 0.5) is 5.69 Å². The van der Waals surface area contributed by atoms with E-state index >= 15 is 0 Å². The summed E-state index contributed by atoms with van der Waals surface area (Å²) in [4.78, 5) is 25.9. The molecule has 0 aliphatic heterocycles. The van der Waals surface area contributed by atoms with Gasteiger partial charge in [-0.15, -0.1) is 0 Å². The van der Waals surface area contributed by atoms with Gasteiger partial charge in [0.25, 0.3) is 5.91 Å². The first-order valence-electron chi connectivity index (χ1n) is 6.88. The number of carbonyl (C=O) groups excluding carboxylic acids is 2. The lowest BCUT2D eigenvalue weighted by Crippen LogP contribution is -2.37. The summed E-state index contributed by atoms with van der Waals surface area (Å²) in [6.07, 6.45) is -0.939. The van der Waals surface area contributed by atoms with Crippen LogP contribution in [0.3, 0.4) is 0 Å². The maximum absolute atomic E-state index is 12.3. The highest BCUT2D eigenvalue weighted by atomic mass is 35.5. The van der Waals surface area contributed by atoms with Gasteiger partial charge in [-0.2, -0.15) is 0 Å². The molecule has 6 heteroatoms. The van der Waals surface area contributed by atoms with Gasteiger partial charge in [0.15, 0.2) is 6.10 Å². The van der Waals surface area contributed by atoms with E-state index in [0.29, 0.717) is 15.7 Å². The summed E-state index contributed by atoms with van der Waals surface area (Å²) in [7, 11) is 1.62. The van der Waals surface area contributed by atoms with E-state index in [1.54, 1.807) is 19.2 Å². The molecule has 0 aromatic heterocycles. The Kier molecular flexibility index (Phi) is 5.64. The number of esters is 1. The molecule has 0 saturated carbocycles. The third-order valence-electron chi connectivity index (χ3n) is 3.20. The van der Waals surface area contributed by atoms with Crippen LogP contribution in [0, 0.1) is 0 Å². The van der Waals surface area contributed by atoms with Crippen LogP contribution < -0.4 is 4.90 Å². The van der Waals surface area contributed by atoms with E-state index in [4.69, 9.17) is 27.9 Å². The van der Waals surface area contributed by atoms with Crippen molar-refractivity contribution in [2.24, 2.45) is 0 Å². The summed E-state index contributed by atoms with van der Waals surface area (Å²) in [5.41, 5.74) is 0.913. The van der Waals surface area contributed by atoms with Crippen molar-refractivity contribution in [2.75, 3.05) is 11.9 Å². The second kappa shape index (κ2) is 7.49. The summed E-state index contributed by atoms with van der Waals surface area (Å²) in [6, 6.07) is 13.5. The van der Waals surface area contributed by atoms with Crippen LogP contribution in [0.5, 0.6) is 0 Å². The van der Waals surface area contributed by atoms with Crippen molar-refractivity contribution in [2.45, 2.75) is 13.0 Å². The predicted molar refractivity (Wildman–Crippen MR) is 91.2 cm³/mol. The fourth-order valence-electron chi connectivity index (χ4n) is 2.00. The highest BCUT2D eigenvalue weighted by Gasteiger charge is 2.23. The van der Waals surface area contributed by atoms with E-state index in [1.165, 1.54) is 30.0 Å². The standard InChI is InChI=1S/C17H15Cl2NO3/c1-11(16(21)20(2)15-6-4-3-5-7-15)23-17(22)12-8-13(18)10-14(19)9-12/h3-11H,1-2H3/t11-/m1/s1. The average Bonchev–Trinajstić information content (AvgIpc) is 2.53. The van der Waals surface area contributed by atoms with E-state index in [-0.39, 0.29) is 11.5 Å². The number of halogens is 2. The molecule has 2 aromatic rings. The highest BCUT2D eigenvalue weighted by molar-refractivity contribution is 6.35. The Hall–Kier alpha value is -2.04. The molecular formula is C17H15Cl2NO3. The molecule has 4 nitrogen and oxygen atoms in total. The van der Waals surface area contributed by atoms with Crippen LogP contribution in [-0.4, -0.2) is 25.0 Å².